The summed E-state index contributed by atoms with van der Waals surface area (Å²) in [7, 11) is 0.400. The van der Waals surface area contributed by atoms with Crippen LogP contribution in [-0.2, 0) is 46.5 Å². The van der Waals surface area contributed by atoms with Crippen LogP contribution in [-0.4, -0.2) is 72.8 Å². The number of hydrogen-bond donors (Lipinski definition) is 0. The van der Waals surface area contributed by atoms with Gasteiger partial charge in [-0.2, -0.15) is 0 Å². The third-order valence-corrected chi connectivity index (χ3v) is 8.31. The number of ether oxygens (including phenoxy) is 6. The largest absolute Gasteiger partial charge is 0.580 e. The quantitative estimate of drug-likeness (QED) is 0.0965. The summed E-state index contributed by atoms with van der Waals surface area (Å²) in [6.07, 6.45) is 2.93. The van der Waals surface area contributed by atoms with E-state index in [0.29, 0.717) is 6.42 Å². The Morgan fingerprint density at radius 3 is 1.58 bits per heavy atom. The minimum absolute atomic E-state index is 0.230. The molecule has 0 aromatic rings. The fourth-order valence-electron chi connectivity index (χ4n) is 3.42. The fraction of sp³-hybridized carbons (Fsp3) is 0.960. The zero-order valence-corrected chi connectivity index (χ0v) is 25.4. The van der Waals surface area contributed by atoms with Crippen LogP contribution in [0.5, 0.6) is 0 Å². The number of unbranched alkanes of at least 4 members (excludes halogenated alkanes) is 5. The highest BCUT2D eigenvalue weighted by Gasteiger charge is 2.56. The molecule has 5 unspecified atom stereocenters. The Kier molecular flexibility index (Phi) is 18.5. The molecule has 0 aliphatic heterocycles. The van der Waals surface area contributed by atoms with Crippen molar-refractivity contribution >= 4 is 14.2 Å². The van der Waals surface area contributed by atoms with Gasteiger partial charge < -0.3 is 41.7 Å². The van der Waals surface area contributed by atoms with Gasteiger partial charge in [-0.05, 0) is 54.9 Å². The molecule has 0 spiro atoms. The third kappa shape index (κ3) is 15.1. The maximum atomic E-state index is 13.8. The summed E-state index contributed by atoms with van der Waals surface area (Å²) in [6, 6.07) is 0. The molecule has 0 heterocycles. The molecular weight excluding hydrogens is 488 g/mol. The highest BCUT2D eigenvalue weighted by Crippen LogP contribution is 2.28. The van der Waals surface area contributed by atoms with E-state index in [1.807, 2.05) is 0 Å². The Morgan fingerprint density at radius 1 is 0.694 bits per heavy atom. The van der Waals surface area contributed by atoms with E-state index in [9.17, 15) is 4.79 Å². The second-order valence-electron chi connectivity index (χ2n) is 9.17. The molecule has 0 aromatic carbocycles. The van der Waals surface area contributed by atoms with Crippen molar-refractivity contribution in [3.8, 4) is 0 Å². The van der Waals surface area contributed by atoms with Crippen molar-refractivity contribution in [3.63, 3.8) is 0 Å². The SMILES string of the molecule is CCCCCCCCC(=O)[Si](OC(C)OC(C)OC)(OC(C)OC(C)OC)OC(C)(C)OC(C)OC. The lowest BCUT2D eigenvalue weighted by atomic mass is 10.1. The van der Waals surface area contributed by atoms with Gasteiger partial charge in [0.2, 0.25) is 5.41 Å². The average Bonchev–Trinajstić information content (AvgIpc) is 2.79. The van der Waals surface area contributed by atoms with Gasteiger partial charge in [-0.3, -0.25) is 4.79 Å². The molecule has 0 radical (unpaired) electrons. The summed E-state index contributed by atoms with van der Waals surface area (Å²) in [5.74, 6) is -1.28. The van der Waals surface area contributed by atoms with E-state index in [1.165, 1.54) is 27.8 Å². The molecule has 0 fully saturated rings. The maximum absolute atomic E-state index is 13.8. The Morgan fingerprint density at radius 2 is 1.14 bits per heavy atom. The van der Waals surface area contributed by atoms with E-state index >= 15 is 0 Å². The molecule has 36 heavy (non-hydrogen) atoms. The van der Waals surface area contributed by atoms with Crippen molar-refractivity contribution in [1.82, 2.24) is 0 Å². The van der Waals surface area contributed by atoms with Crippen LogP contribution in [0.4, 0.5) is 0 Å². The second kappa shape index (κ2) is 18.7. The number of carbonyl (C=O) groups excluding carboxylic acids is 1. The van der Waals surface area contributed by atoms with Crippen LogP contribution < -0.4 is 0 Å². The molecule has 0 amide bonds. The fourth-order valence-corrected chi connectivity index (χ4v) is 6.11. The van der Waals surface area contributed by atoms with Gasteiger partial charge in [0.1, 0.15) is 0 Å². The normalized spacial score (nSPS) is 18.3. The number of rotatable bonds is 23. The maximum Gasteiger partial charge on any atom is 0.580 e. The summed E-state index contributed by atoms with van der Waals surface area (Å²) in [5.41, 5.74) is 0. The van der Waals surface area contributed by atoms with Crippen molar-refractivity contribution in [2.75, 3.05) is 21.3 Å². The van der Waals surface area contributed by atoms with Gasteiger partial charge in [0.05, 0.1) is 0 Å². The van der Waals surface area contributed by atoms with Crippen molar-refractivity contribution in [2.24, 2.45) is 0 Å². The van der Waals surface area contributed by atoms with Crippen LogP contribution >= 0.6 is 0 Å². The number of carbonyl (C=O) groups is 1. The molecule has 0 aliphatic carbocycles. The van der Waals surface area contributed by atoms with Crippen LogP contribution in [0.15, 0.2) is 0 Å². The summed E-state index contributed by atoms with van der Waals surface area (Å²) >= 11 is 0. The van der Waals surface area contributed by atoms with E-state index in [0.717, 1.165) is 25.7 Å². The topological polar surface area (TPSA) is 100 Å². The lowest BCUT2D eigenvalue weighted by molar-refractivity contribution is -0.282. The Balaban J connectivity index is 6.00. The first-order valence-electron chi connectivity index (χ1n) is 13.0. The zero-order chi connectivity index (χ0) is 27.8. The highest BCUT2D eigenvalue weighted by molar-refractivity contribution is 6.92. The van der Waals surface area contributed by atoms with E-state index in [4.69, 9.17) is 41.7 Å². The van der Waals surface area contributed by atoms with Crippen molar-refractivity contribution in [3.05, 3.63) is 0 Å². The van der Waals surface area contributed by atoms with Gasteiger partial charge in [-0.25, -0.2) is 0 Å². The summed E-state index contributed by atoms with van der Waals surface area (Å²) in [4.78, 5) is 13.8. The molecule has 0 N–H and O–H groups in total. The molecule has 0 saturated carbocycles. The van der Waals surface area contributed by atoms with E-state index in [2.05, 4.69) is 6.92 Å². The Labute approximate surface area is 219 Å². The predicted molar refractivity (Wildman–Crippen MR) is 138 cm³/mol. The van der Waals surface area contributed by atoms with Crippen LogP contribution in [0.25, 0.3) is 0 Å². The summed E-state index contributed by atoms with van der Waals surface area (Å²) < 4.78 is 51.7. The molecule has 0 bridgehead atoms. The predicted octanol–water partition coefficient (Wildman–Crippen LogP) is 5.29. The van der Waals surface area contributed by atoms with Crippen LogP contribution in [0.1, 0.15) is 100 Å². The van der Waals surface area contributed by atoms with Crippen LogP contribution in [0, 0.1) is 0 Å². The minimum atomic E-state index is -4.16. The number of hydrogen-bond acceptors (Lipinski definition) is 10. The molecule has 10 nitrogen and oxygen atoms in total. The first-order valence-corrected chi connectivity index (χ1v) is 14.7. The minimum Gasteiger partial charge on any atom is -0.356 e. The molecule has 216 valence electrons. The Bertz CT molecular complexity index is 557. The number of methoxy groups -OCH3 is 3. The third-order valence-electron chi connectivity index (χ3n) is 5.33. The monoisotopic (exact) mass is 540 g/mol. The van der Waals surface area contributed by atoms with Gasteiger partial charge in [0.15, 0.2) is 37.2 Å². The van der Waals surface area contributed by atoms with Crippen LogP contribution in [0.3, 0.4) is 0 Å². The van der Waals surface area contributed by atoms with Gasteiger partial charge in [0.25, 0.3) is 0 Å². The second-order valence-corrected chi connectivity index (χ2v) is 11.5. The lowest BCUT2D eigenvalue weighted by Gasteiger charge is -2.39. The van der Waals surface area contributed by atoms with E-state index < -0.39 is 46.0 Å². The van der Waals surface area contributed by atoms with Crippen LogP contribution in [0.2, 0.25) is 0 Å². The molecule has 0 saturated heterocycles. The van der Waals surface area contributed by atoms with Crippen molar-refractivity contribution in [2.45, 2.75) is 138 Å². The first kappa shape index (κ1) is 35.5. The van der Waals surface area contributed by atoms with Gasteiger partial charge >= 0.3 is 8.80 Å². The van der Waals surface area contributed by atoms with E-state index in [1.54, 1.807) is 48.5 Å². The molecule has 0 aliphatic rings. The summed E-state index contributed by atoms with van der Waals surface area (Å²) in [6.45, 7) is 14.0. The molecule has 11 heteroatoms. The zero-order valence-electron chi connectivity index (χ0n) is 24.4. The molecular formula is C25H52O10Si. The van der Waals surface area contributed by atoms with E-state index in [-0.39, 0.29) is 11.8 Å². The van der Waals surface area contributed by atoms with Gasteiger partial charge in [0, 0.05) is 27.8 Å². The lowest BCUT2D eigenvalue weighted by Crippen LogP contribution is -2.61. The standard InChI is InChI=1S/C25H52O10Si/c1-12-13-14-15-16-17-18-24(26)36(33-22(5)30-19(2)27-9,34-23(6)31-20(3)28-10)35-25(7,8)32-21(4)29-11/h19-23H,12-18H2,1-11H3. The Hall–Kier alpha value is -0.473. The first-order chi connectivity index (χ1) is 16.8. The average molecular weight is 541 g/mol. The van der Waals surface area contributed by atoms with Crippen molar-refractivity contribution < 1.29 is 46.5 Å². The van der Waals surface area contributed by atoms with Crippen molar-refractivity contribution in [1.29, 1.82) is 0 Å². The van der Waals surface area contributed by atoms with Gasteiger partial charge in [-0.15, -0.1) is 0 Å². The van der Waals surface area contributed by atoms with Gasteiger partial charge in [-0.1, -0.05) is 39.0 Å². The molecule has 5 atom stereocenters. The molecule has 0 aromatic heterocycles. The smallest absolute Gasteiger partial charge is 0.356 e. The summed E-state index contributed by atoms with van der Waals surface area (Å²) in [5, 5.41) is -0.277. The molecule has 0 rings (SSSR count). The highest BCUT2D eigenvalue weighted by atomic mass is 28.4.